The number of aromatic nitrogens is 2. The van der Waals surface area contributed by atoms with Gasteiger partial charge in [0.05, 0.1) is 6.04 Å². The molecular formula is C17H30N6O2. The zero-order valence-electron chi connectivity index (χ0n) is 15.7. The molecule has 0 unspecified atom stereocenters. The highest BCUT2D eigenvalue weighted by atomic mass is 16.6. The zero-order valence-corrected chi connectivity index (χ0v) is 15.7. The van der Waals surface area contributed by atoms with Crippen molar-refractivity contribution in [1.29, 1.82) is 0 Å². The Morgan fingerprint density at radius 2 is 2.16 bits per heavy atom. The first-order chi connectivity index (χ1) is 11.9. The Hall–Kier alpha value is -2.25. The molecule has 0 atom stereocenters. The molecule has 1 fully saturated rings. The minimum atomic E-state index is -0.458. The molecule has 0 spiro atoms. The lowest BCUT2D eigenvalue weighted by Gasteiger charge is -2.40. The summed E-state index contributed by atoms with van der Waals surface area (Å²) < 4.78 is 7.27. The molecule has 1 amide bonds. The van der Waals surface area contributed by atoms with Crippen molar-refractivity contribution >= 4 is 12.1 Å². The molecule has 8 nitrogen and oxygen atoms in total. The fourth-order valence-electron chi connectivity index (χ4n) is 2.42. The van der Waals surface area contributed by atoms with E-state index in [1.54, 1.807) is 11.1 Å². The maximum absolute atomic E-state index is 11.9. The Bertz CT molecular complexity index is 558. The van der Waals surface area contributed by atoms with Crippen LogP contribution in [0.2, 0.25) is 0 Å². The van der Waals surface area contributed by atoms with Gasteiger partial charge in [-0.3, -0.25) is 9.67 Å². The average Bonchev–Trinajstić information content (AvgIpc) is 2.97. The number of aliphatic imine (C=N–C) groups is 1. The third-order valence-electron chi connectivity index (χ3n) is 3.59. The van der Waals surface area contributed by atoms with Crippen LogP contribution in [0.5, 0.6) is 0 Å². The molecular weight excluding hydrogens is 320 g/mol. The monoisotopic (exact) mass is 350 g/mol. The number of hydrogen-bond acceptors (Lipinski definition) is 4. The van der Waals surface area contributed by atoms with Crippen LogP contribution < -0.4 is 10.6 Å². The number of carbonyl (C=O) groups is 1. The van der Waals surface area contributed by atoms with E-state index < -0.39 is 5.60 Å². The summed E-state index contributed by atoms with van der Waals surface area (Å²) in [4.78, 5) is 18.2. The number of aryl methyl sites for hydroxylation is 1. The van der Waals surface area contributed by atoms with Crippen molar-refractivity contribution in [1.82, 2.24) is 25.3 Å². The van der Waals surface area contributed by atoms with Crippen molar-refractivity contribution in [2.45, 2.75) is 52.3 Å². The van der Waals surface area contributed by atoms with Crippen molar-refractivity contribution in [3.05, 3.63) is 18.5 Å². The summed E-state index contributed by atoms with van der Waals surface area (Å²) in [6.45, 7) is 11.3. The Kier molecular flexibility index (Phi) is 6.66. The smallest absolute Gasteiger partial charge is 0.410 e. The number of nitrogens with zero attached hydrogens (tertiary/aromatic N) is 4. The number of guanidine groups is 1. The highest BCUT2D eigenvalue weighted by Crippen LogP contribution is 2.15. The number of nitrogens with one attached hydrogen (secondary N) is 2. The van der Waals surface area contributed by atoms with Gasteiger partial charge in [-0.15, -0.1) is 0 Å². The second kappa shape index (κ2) is 8.73. The fourth-order valence-corrected chi connectivity index (χ4v) is 2.42. The van der Waals surface area contributed by atoms with E-state index in [0.29, 0.717) is 13.1 Å². The molecule has 2 rings (SSSR count). The Morgan fingerprint density at radius 1 is 1.40 bits per heavy atom. The van der Waals surface area contributed by atoms with Crippen molar-refractivity contribution in [3.8, 4) is 0 Å². The Balaban J connectivity index is 1.71. The minimum absolute atomic E-state index is 0.205. The van der Waals surface area contributed by atoms with E-state index in [9.17, 15) is 4.79 Å². The largest absolute Gasteiger partial charge is 0.444 e. The van der Waals surface area contributed by atoms with Gasteiger partial charge in [-0.25, -0.2) is 4.79 Å². The van der Waals surface area contributed by atoms with Crippen molar-refractivity contribution in [2.24, 2.45) is 4.99 Å². The summed E-state index contributed by atoms with van der Waals surface area (Å²) in [5.74, 6) is 0.789. The number of amides is 1. The number of rotatable bonds is 6. The first kappa shape index (κ1) is 19.1. The van der Waals surface area contributed by atoms with Crippen LogP contribution in [0.1, 0.15) is 34.1 Å². The summed E-state index contributed by atoms with van der Waals surface area (Å²) in [6.07, 6.45) is 4.40. The summed E-state index contributed by atoms with van der Waals surface area (Å²) in [6, 6.07) is 2.12. The van der Waals surface area contributed by atoms with Crippen LogP contribution in [0, 0.1) is 0 Å². The predicted molar refractivity (Wildman–Crippen MR) is 97.6 cm³/mol. The van der Waals surface area contributed by atoms with E-state index in [0.717, 1.165) is 32.0 Å². The van der Waals surface area contributed by atoms with Crippen molar-refractivity contribution < 1.29 is 9.53 Å². The minimum Gasteiger partial charge on any atom is -0.444 e. The average molecular weight is 350 g/mol. The van der Waals surface area contributed by atoms with Crippen LogP contribution in [-0.4, -0.2) is 64.6 Å². The van der Waals surface area contributed by atoms with Crippen LogP contribution in [0.3, 0.4) is 0 Å². The molecule has 8 heteroatoms. The normalized spacial score (nSPS) is 15.7. The van der Waals surface area contributed by atoms with Crippen LogP contribution in [0.25, 0.3) is 0 Å². The van der Waals surface area contributed by atoms with Gasteiger partial charge in [0.15, 0.2) is 5.96 Å². The van der Waals surface area contributed by atoms with Crippen molar-refractivity contribution in [2.75, 3.05) is 26.2 Å². The van der Waals surface area contributed by atoms with Gasteiger partial charge >= 0.3 is 6.09 Å². The van der Waals surface area contributed by atoms with Gasteiger partial charge in [-0.05, 0) is 40.2 Å². The standard InChI is InChI=1S/C17H30N6O2/c1-5-18-15(19-8-6-10-23-11-7-9-20-23)21-14-12-22(13-14)16(24)25-17(2,3)4/h7,9,11,14H,5-6,8,10,12-13H2,1-4H3,(H2,18,19,21). The second-order valence-electron chi connectivity index (χ2n) is 7.11. The van der Waals surface area contributed by atoms with Gasteiger partial charge in [0.25, 0.3) is 0 Å². The van der Waals surface area contributed by atoms with Crippen molar-refractivity contribution in [3.63, 3.8) is 0 Å². The molecule has 2 N–H and O–H groups in total. The zero-order chi connectivity index (χ0) is 18.3. The molecule has 1 saturated heterocycles. The fraction of sp³-hybridized carbons (Fsp3) is 0.706. The molecule has 1 aromatic heterocycles. The van der Waals surface area contributed by atoms with Crippen LogP contribution >= 0.6 is 0 Å². The maximum Gasteiger partial charge on any atom is 0.410 e. The quantitative estimate of drug-likeness (QED) is 0.461. The van der Waals surface area contributed by atoms with Gasteiger partial charge in [-0.2, -0.15) is 5.10 Å². The van der Waals surface area contributed by atoms with E-state index >= 15 is 0 Å². The van der Waals surface area contributed by atoms with E-state index in [1.165, 1.54) is 0 Å². The number of carbonyl (C=O) groups excluding carboxylic acids is 1. The highest BCUT2D eigenvalue weighted by molar-refractivity contribution is 5.80. The van der Waals surface area contributed by atoms with E-state index in [-0.39, 0.29) is 12.1 Å². The molecule has 0 aromatic carbocycles. The summed E-state index contributed by atoms with van der Waals surface area (Å²) >= 11 is 0. The molecule has 25 heavy (non-hydrogen) atoms. The Morgan fingerprint density at radius 3 is 2.76 bits per heavy atom. The molecule has 1 aliphatic heterocycles. The summed E-state index contributed by atoms with van der Waals surface area (Å²) in [5, 5.41) is 10.8. The molecule has 2 heterocycles. The third kappa shape index (κ3) is 6.64. The van der Waals surface area contributed by atoms with E-state index in [1.807, 2.05) is 44.6 Å². The lowest BCUT2D eigenvalue weighted by Crippen LogP contribution is -2.63. The van der Waals surface area contributed by atoms with Gasteiger partial charge in [-0.1, -0.05) is 0 Å². The second-order valence-corrected chi connectivity index (χ2v) is 7.11. The lowest BCUT2D eigenvalue weighted by atomic mass is 10.1. The molecule has 0 aliphatic carbocycles. The van der Waals surface area contributed by atoms with Gasteiger partial charge < -0.3 is 20.3 Å². The maximum atomic E-state index is 11.9. The number of hydrogen-bond donors (Lipinski definition) is 2. The predicted octanol–water partition coefficient (Wildman–Crippen LogP) is 1.45. The molecule has 1 aromatic rings. The number of likely N-dealkylation sites (tertiary alicyclic amines) is 1. The Labute approximate surface area is 149 Å². The van der Waals surface area contributed by atoms with E-state index in [4.69, 9.17) is 4.74 Å². The first-order valence-corrected chi connectivity index (χ1v) is 8.87. The third-order valence-corrected chi connectivity index (χ3v) is 3.59. The molecule has 0 saturated carbocycles. The van der Waals surface area contributed by atoms with Crippen LogP contribution in [0.4, 0.5) is 4.79 Å². The summed E-state index contributed by atoms with van der Waals surface area (Å²) in [7, 11) is 0. The molecule has 0 radical (unpaired) electrons. The topological polar surface area (TPSA) is 83.8 Å². The molecule has 140 valence electrons. The van der Waals surface area contributed by atoms with Gasteiger partial charge in [0.1, 0.15) is 5.60 Å². The number of ether oxygens (including phenoxy) is 1. The molecule has 1 aliphatic rings. The molecule has 0 bridgehead atoms. The van der Waals surface area contributed by atoms with Gasteiger partial charge in [0.2, 0.25) is 0 Å². The first-order valence-electron chi connectivity index (χ1n) is 8.87. The highest BCUT2D eigenvalue weighted by Gasteiger charge is 2.34. The van der Waals surface area contributed by atoms with Gasteiger partial charge in [0, 0.05) is 45.1 Å². The van der Waals surface area contributed by atoms with E-state index in [2.05, 4.69) is 20.7 Å². The SMILES string of the molecule is CCNC(=NCCCn1cccn1)NC1CN(C(=O)OC(C)(C)C)C1. The van der Waals surface area contributed by atoms with Crippen LogP contribution in [-0.2, 0) is 11.3 Å². The summed E-state index contributed by atoms with van der Waals surface area (Å²) in [5.41, 5.74) is -0.458. The van der Waals surface area contributed by atoms with Crippen LogP contribution in [0.15, 0.2) is 23.5 Å². The lowest BCUT2D eigenvalue weighted by molar-refractivity contribution is 0.00701.